The van der Waals surface area contributed by atoms with Crippen molar-refractivity contribution in [2.75, 3.05) is 6.61 Å². The van der Waals surface area contributed by atoms with E-state index in [4.69, 9.17) is 23.2 Å². The third-order valence-corrected chi connectivity index (χ3v) is 6.76. The van der Waals surface area contributed by atoms with Gasteiger partial charge in [0.05, 0.1) is 33.5 Å². The summed E-state index contributed by atoms with van der Waals surface area (Å²) >= 11 is 12.3. The first-order chi connectivity index (χ1) is 18.2. The Morgan fingerprint density at radius 1 is 0.711 bits per heavy atom. The van der Waals surface area contributed by atoms with Gasteiger partial charge in [-0.15, -0.1) is 0 Å². The van der Waals surface area contributed by atoms with Gasteiger partial charge in [-0.1, -0.05) is 75.2 Å². The Morgan fingerprint density at radius 2 is 1.13 bits per heavy atom. The van der Waals surface area contributed by atoms with Crippen molar-refractivity contribution in [3.05, 3.63) is 70.2 Å². The Kier molecular flexibility index (Phi) is 11.4. The van der Waals surface area contributed by atoms with Gasteiger partial charge in [-0.2, -0.15) is 0 Å². The molecule has 0 aliphatic heterocycles. The van der Waals surface area contributed by atoms with Crippen LogP contribution in [0.15, 0.2) is 48.5 Å². The normalized spacial score (nSPS) is 13.0. The van der Waals surface area contributed by atoms with E-state index in [2.05, 4.69) is 47.6 Å². The van der Waals surface area contributed by atoms with E-state index in [1.807, 2.05) is 48.5 Å². The number of carbonyl (C=O) groups excluding carboxylic acids is 1. The van der Waals surface area contributed by atoms with Gasteiger partial charge in [0.1, 0.15) is 6.29 Å². The van der Waals surface area contributed by atoms with Gasteiger partial charge in [0, 0.05) is 18.9 Å². The minimum absolute atomic E-state index is 0.0482. The zero-order valence-corrected chi connectivity index (χ0v) is 24.0. The van der Waals surface area contributed by atoms with E-state index in [1.54, 1.807) is 0 Å². The second-order valence-corrected chi connectivity index (χ2v) is 11.2. The molecule has 0 spiro atoms. The fraction of sp³-hybridized carbons (Fsp3) is 0.433. The summed E-state index contributed by atoms with van der Waals surface area (Å²) in [5, 5.41) is 10.3. The van der Waals surface area contributed by atoms with E-state index in [0.717, 1.165) is 46.9 Å². The minimum atomic E-state index is -0.0482. The third kappa shape index (κ3) is 8.69. The molecule has 6 nitrogen and oxygen atoms in total. The molecule has 2 aromatic heterocycles. The maximum absolute atomic E-state index is 11.1. The highest BCUT2D eigenvalue weighted by Gasteiger charge is 2.16. The predicted octanol–water partition coefficient (Wildman–Crippen LogP) is 7.17. The van der Waals surface area contributed by atoms with Crippen molar-refractivity contribution < 1.29 is 9.90 Å². The number of fused-ring (bicyclic) bond motifs is 2. The molecule has 0 aliphatic carbocycles. The molecule has 2 aromatic carbocycles. The maximum Gasteiger partial charge on any atom is 0.151 e. The SMILES string of the molecule is CC(C)CC(C=O)Cc1nc2ccccc2nc1Cl.CC(C)CC(CO)Cc1nc2ccccc2nc1Cl. The number of aldehydes is 1. The summed E-state index contributed by atoms with van der Waals surface area (Å²) < 4.78 is 0. The van der Waals surface area contributed by atoms with E-state index in [9.17, 15) is 9.90 Å². The Hall–Kier alpha value is -2.67. The molecule has 8 heteroatoms. The van der Waals surface area contributed by atoms with Crippen LogP contribution < -0.4 is 0 Å². The number of halogens is 2. The third-order valence-electron chi connectivity index (χ3n) is 6.15. The molecule has 2 atom stereocenters. The molecular weight excluding hydrogens is 519 g/mol. The number of rotatable bonds is 10. The highest BCUT2D eigenvalue weighted by atomic mass is 35.5. The van der Waals surface area contributed by atoms with Gasteiger partial charge in [-0.05, 0) is 61.3 Å². The lowest BCUT2D eigenvalue weighted by Crippen LogP contribution is -2.14. The monoisotopic (exact) mass is 554 g/mol. The van der Waals surface area contributed by atoms with E-state index >= 15 is 0 Å². The summed E-state index contributed by atoms with van der Waals surface area (Å²) in [4.78, 5) is 28.9. The zero-order chi connectivity index (χ0) is 27.7. The van der Waals surface area contributed by atoms with Crippen LogP contribution >= 0.6 is 23.2 Å². The smallest absolute Gasteiger partial charge is 0.151 e. The number of aromatic nitrogens is 4. The van der Waals surface area contributed by atoms with Crippen molar-refractivity contribution in [1.82, 2.24) is 19.9 Å². The Morgan fingerprint density at radius 3 is 1.53 bits per heavy atom. The number of carbonyl (C=O) groups is 1. The minimum Gasteiger partial charge on any atom is -0.396 e. The first kappa shape index (κ1) is 29.9. The first-order valence-electron chi connectivity index (χ1n) is 13.1. The van der Waals surface area contributed by atoms with Crippen LogP contribution in [0.1, 0.15) is 51.9 Å². The fourth-order valence-corrected chi connectivity index (χ4v) is 4.91. The quantitative estimate of drug-likeness (QED) is 0.209. The lowest BCUT2D eigenvalue weighted by molar-refractivity contribution is -0.111. The van der Waals surface area contributed by atoms with Gasteiger partial charge >= 0.3 is 0 Å². The largest absolute Gasteiger partial charge is 0.396 e. The second kappa shape index (κ2) is 14.5. The van der Waals surface area contributed by atoms with E-state index in [-0.39, 0.29) is 18.4 Å². The average Bonchev–Trinajstić information content (AvgIpc) is 2.88. The molecule has 0 fully saturated rings. The number of nitrogens with zero attached hydrogens (tertiary/aromatic N) is 4. The number of para-hydroxylation sites is 4. The van der Waals surface area contributed by atoms with E-state index < -0.39 is 0 Å². The highest BCUT2D eigenvalue weighted by molar-refractivity contribution is 6.30. The number of aliphatic hydroxyl groups is 1. The molecule has 0 bridgehead atoms. The van der Waals surface area contributed by atoms with Crippen molar-refractivity contribution in [2.24, 2.45) is 23.7 Å². The summed E-state index contributed by atoms with van der Waals surface area (Å²) in [5.41, 5.74) is 4.74. The van der Waals surface area contributed by atoms with Crippen molar-refractivity contribution in [3.8, 4) is 0 Å². The zero-order valence-electron chi connectivity index (χ0n) is 22.4. The van der Waals surface area contributed by atoms with Crippen molar-refractivity contribution in [1.29, 1.82) is 0 Å². The fourth-order valence-electron chi connectivity index (χ4n) is 4.49. The Labute approximate surface area is 234 Å². The molecule has 2 heterocycles. The summed E-state index contributed by atoms with van der Waals surface area (Å²) in [5.74, 6) is 1.16. The highest BCUT2D eigenvalue weighted by Crippen LogP contribution is 2.23. The molecule has 38 heavy (non-hydrogen) atoms. The number of benzene rings is 2. The van der Waals surface area contributed by atoms with Crippen LogP contribution in [0.3, 0.4) is 0 Å². The van der Waals surface area contributed by atoms with Crippen LogP contribution in [0.25, 0.3) is 22.1 Å². The summed E-state index contributed by atoms with van der Waals surface area (Å²) in [6.45, 7) is 8.66. The summed E-state index contributed by atoms with van der Waals surface area (Å²) in [7, 11) is 0. The van der Waals surface area contributed by atoms with Gasteiger partial charge in [0.2, 0.25) is 0 Å². The van der Waals surface area contributed by atoms with Crippen molar-refractivity contribution in [3.63, 3.8) is 0 Å². The first-order valence-corrected chi connectivity index (χ1v) is 13.8. The molecule has 1 N–H and O–H groups in total. The molecular formula is C30H36Cl2N4O2. The van der Waals surface area contributed by atoms with Gasteiger partial charge in [0.15, 0.2) is 10.3 Å². The van der Waals surface area contributed by atoms with Crippen LogP contribution in [0.4, 0.5) is 0 Å². The van der Waals surface area contributed by atoms with Gasteiger partial charge in [-0.25, -0.2) is 19.9 Å². The van der Waals surface area contributed by atoms with Crippen molar-refractivity contribution in [2.45, 2.75) is 53.4 Å². The molecule has 202 valence electrons. The van der Waals surface area contributed by atoms with Crippen LogP contribution in [-0.2, 0) is 17.6 Å². The molecule has 2 unspecified atom stereocenters. The van der Waals surface area contributed by atoms with E-state index in [0.29, 0.717) is 40.7 Å². The second-order valence-electron chi connectivity index (χ2n) is 10.5. The topological polar surface area (TPSA) is 88.9 Å². The van der Waals surface area contributed by atoms with Gasteiger partial charge in [0.25, 0.3) is 0 Å². The molecule has 0 amide bonds. The van der Waals surface area contributed by atoms with Crippen molar-refractivity contribution >= 4 is 51.6 Å². The average molecular weight is 556 g/mol. The number of hydrogen-bond acceptors (Lipinski definition) is 6. The summed E-state index contributed by atoms with van der Waals surface area (Å²) in [6, 6.07) is 15.3. The molecule has 0 aliphatic rings. The number of hydrogen-bond donors (Lipinski definition) is 1. The maximum atomic E-state index is 11.1. The van der Waals surface area contributed by atoms with Gasteiger partial charge < -0.3 is 9.90 Å². The Bertz CT molecular complexity index is 1350. The molecule has 4 aromatic rings. The van der Waals surface area contributed by atoms with Crippen LogP contribution in [0, 0.1) is 23.7 Å². The van der Waals surface area contributed by atoms with Crippen LogP contribution in [0.2, 0.25) is 10.3 Å². The van der Waals surface area contributed by atoms with Gasteiger partial charge in [-0.3, -0.25) is 0 Å². The molecule has 0 saturated carbocycles. The summed E-state index contributed by atoms with van der Waals surface area (Å²) in [6.07, 6.45) is 4.02. The Balaban J connectivity index is 0.000000211. The lowest BCUT2D eigenvalue weighted by Gasteiger charge is -2.16. The molecule has 0 saturated heterocycles. The van der Waals surface area contributed by atoms with E-state index in [1.165, 1.54) is 0 Å². The standard InChI is InChI=1S/C15H19ClN2O.C15H17ClN2O/c2*1-10(2)7-11(9-19)8-14-15(16)18-13-6-4-3-5-12(13)17-14/h3-6,10-11,19H,7-9H2,1-2H3;3-6,9-11H,7-8H2,1-2H3. The molecule has 4 rings (SSSR count). The van der Waals surface area contributed by atoms with Crippen LogP contribution in [0.5, 0.6) is 0 Å². The number of aliphatic hydroxyl groups excluding tert-OH is 1. The predicted molar refractivity (Wildman–Crippen MR) is 156 cm³/mol. The lowest BCUT2D eigenvalue weighted by atomic mass is 9.94. The van der Waals surface area contributed by atoms with Crippen LogP contribution in [-0.4, -0.2) is 37.9 Å². The molecule has 0 radical (unpaired) electrons.